The summed E-state index contributed by atoms with van der Waals surface area (Å²) >= 11 is 0. The molecule has 0 saturated heterocycles. The van der Waals surface area contributed by atoms with Crippen LogP contribution in [0, 0.1) is 0 Å². The van der Waals surface area contributed by atoms with Crippen molar-refractivity contribution in [3.8, 4) is 5.75 Å². The molecule has 2 aromatic carbocycles. The van der Waals surface area contributed by atoms with Crippen LogP contribution in [0.25, 0.3) is 0 Å². The molecular weight excluding hydrogens is 252 g/mol. The summed E-state index contributed by atoms with van der Waals surface area (Å²) in [6.07, 6.45) is -0.477. The molecular formula is C16H16N2O2. The maximum Gasteiger partial charge on any atom is 0.268 e. The van der Waals surface area contributed by atoms with Gasteiger partial charge in [0.2, 0.25) is 0 Å². The minimum atomic E-state index is -0.477. The third kappa shape index (κ3) is 2.20. The number of fused-ring (bicyclic) bond motifs is 1. The van der Waals surface area contributed by atoms with Gasteiger partial charge in [-0.05, 0) is 30.7 Å². The fourth-order valence-electron chi connectivity index (χ4n) is 2.35. The van der Waals surface area contributed by atoms with Gasteiger partial charge in [-0.25, -0.2) is 0 Å². The molecule has 1 aliphatic heterocycles. The number of carbonyl (C=O) groups is 1. The Morgan fingerprint density at radius 3 is 2.70 bits per heavy atom. The predicted octanol–water partition coefficient (Wildman–Crippen LogP) is 2.58. The lowest BCUT2D eigenvalue weighted by Gasteiger charge is -2.33. The lowest BCUT2D eigenvalue weighted by atomic mass is 10.1. The molecule has 0 fully saturated rings. The molecule has 1 heterocycles. The van der Waals surface area contributed by atoms with Crippen LogP contribution in [0.3, 0.4) is 0 Å². The van der Waals surface area contributed by atoms with Gasteiger partial charge in [0.05, 0.1) is 12.2 Å². The van der Waals surface area contributed by atoms with E-state index in [1.54, 1.807) is 24.0 Å². The van der Waals surface area contributed by atoms with Crippen LogP contribution >= 0.6 is 0 Å². The second-order valence-corrected chi connectivity index (χ2v) is 4.90. The molecule has 3 rings (SSSR count). The van der Waals surface area contributed by atoms with E-state index < -0.39 is 6.10 Å². The van der Waals surface area contributed by atoms with E-state index in [0.29, 0.717) is 18.0 Å². The van der Waals surface area contributed by atoms with Gasteiger partial charge in [0.25, 0.3) is 5.91 Å². The van der Waals surface area contributed by atoms with Crippen LogP contribution in [0.1, 0.15) is 12.5 Å². The molecule has 0 aliphatic carbocycles. The first-order valence-electron chi connectivity index (χ1n) is 6.56. The van der Waals surface area contributed by atoms with E-state index in [-0.39, 0.29) is 5.91 Å². The summed E-state index contributed by atoms with van der Waals surface area (Å²) in [6, 6.07) is 15.3. The molecule has 0 aromatic heterocycles. The van der Waals surface area contributed by atoms with Crippen LogP contribution in [0.5, 0.6) is 5.75 Å². The molecule has 1 aliphatic rings. The molecule has 4 nitrogen and oxygen atoms in total. The number of ether oxygens (including phenoxy) is 1. The number of benzene rings is 2. The Balaban J connectivity index is 2.00. The normalized spacial score (nSPS) is 17.6. The highest BCUT2D eigenvalue weighted by Gasteiger charge is 2.31. The summed E-state index contributed by atoms with van der Waals surface area (Å²) < 4.78 is 5.62. The van der Waals surface area contributed by atoms with Crippen molar-refractivity contribution in [2.24, 2.45) is 0 Å². The average molecular weight is 268 g/mol. The minimum absolute atomic E-state index is 0.0491. The third-order valence-electron chi connectivity index (χ3n) is 3.37. The Hall–Kier alpha value is -2.49. The highest BCUT2D eigenvalue weighted by Crippen LogP contribution is 2.36. The Morgan fingerprint density at radius 2 is 1.95 bits per heavy atom. The fourth-order valence-corrected chi connectivity index (χ4v) is 2.35. The predicted molar refractivity (Wildman–Crippen MR) is 78.6 cm³/mol. The molecule has 2 aromatic rings. The molecule has 2 N–H and O–H groups in total. The number of nitrogen functional groups attached to an aromatic ring is 1. The van der Waals surface area contributed by atoms with Crippen molar-refractivity contribution in [1.82, 2.24) is 0 Å². The number of nitrogens with two attached hydrogens (primary N) is 1. The highest BCUT2D eigenvalue weighted by atomic mass is 16.5. The van der Waals surface area contributed by atoms with Crippen LogP contribution < -0.4 is 15.4 Å². The molecule has 0 saturated carbocycles. The molecule has 1 atom stereocenters. The molecule has 0 spiro atoms. The Kier molecular flexibility index (Phi) is 3.06. The molecule has 1 unspecified atom stereocenters. The Morgan fingerprint density at radius 1 is 1.20 bits per heavy atom. The van der Waals surface area contributed by atoms with Gasteiger partial charge in [0, 0.05) is 5.69 Å². The van der Waals surface area contributed by atoms with Crippen molar-refractivity contribution >= 4 is 17.3 Å². The maximum absolute atomic E-state index is 12.4. The van der Waals surface area contributed by atoms with E-state index in [9.17, 15) is 4.79 Å². The smallest absolute Gasteiger partial charge is 0.268 e. The number of anilines is 2. The second-order valence-electron chi connectivity index (χ2n) is 4.90. The van der Waals surface area contributed by atoms with Gasteiger partial charge >= 0.3 is 0 Å². The van der Waals surface area contributed by atoms with Crippen LogP contribution in [0.4, 0.5) is 11.4 Å². The third-order valence-corrected chi connectivity index (χ3v) is 3.37. The molecule has 20 heavy (non-hydrogen) atoms. The Labute approximate surface area is 117 Å². The van der Waals surface area contributed by atoms with E-state index in [4.69, 9.17) is 10.5 Å². The summed E-state index contributed by atoms with van der Waals surface area (Å²) in [7, 11) is 0. The number of hydrogen-bond donors (Lipinski definition) is 1. The zero-order chi connectivity index (χ0) is 14.1. The first-order valence-corrected chi connectivity index (χ1v) is 6.56. The van der Waals surface area contributed by atoms with Gasteiger partial charge in [-0.3, -0.25) is 4.79 Å². The summed E-state index contributed by atoms with van der Waals surface area (Å²) in [5, 5.41) is 0. The van der Waals surface area contributed by atoms with Crippen molar-refractivity contribution in [3.63, 3.8) is 0 Å². The summed E-state index contributed by atoms with van der Waals surface area (Å²) in [5.74, 6) is 0.647. The SMILES string of the molecule is CC1Oc2ccc(N)cc2N(Cc2ccccc2)C1=O. The van der Waals surface area contributed by atoms with Crippen molar-refractivity contribution in [3.05, 3.63) is 54.1 Å². The van der Waals surface area contributed by atoms with Crippen molar-refractivity contribution < 1.29 is 9.53 Å². The summed E-state index contributed by atoms with van der Waals surface area (Å²) in [6.45, 7) is 2.28. The fraction of sp³-hybridized carbons (Fsp3) is 0.188. The number of carbonyl (C=O) groups excluding carboxylic acids is 1. The summed E-state index contributed by atoms with van der Waals surface area (Å²) in [4.78, 5) is 14.1. The molecule has 1 amide bonds. The van der Waals surface area contributed by atoms with Crippen LogP contribution in [-0.4, -0.2) is 12.0 Å². The lowest BCUT2D eigenvalue weighted by molar-refractivity contribution is -0.125. The van der Waals surface area contributed by atoms with E-state index in [2.05, 4.69) is 0 Å². The second kappa shape index (κ2) is 4.89. The Bertz CT molecular complexity index is 640. The first kappa shape index (κ1) is 12.5. The minimum Gasteiger partial charge on any atom is -0.479 e. The monoisotopic (exact) mass is 268 g/mol. The van der Waals surface area contributed by atoms with Gasteiger partial charge in [0.1, 0.15) is 5.75 Å². The zero-order valence-electron chi connectivity index (χ0n) is 11.2. The van der Waals surface area contributed by atoms with Gasteiger partial charge in [0.15, 0.2) is 6.10 Å². The van der Waals surface area contributed by atoms with E-state index in [0.717, 1.165) is 11.3 Å². The summed E-state index contributed by atoms with van der Waals surface area (Å²) in [5.41, 5.74) is 8.25. The molecule has 0 bridgehead atoms. The van der Waals surface area contributed by atoms with Gasteiger partial charge in [-0.1, -0.05) is 30.3 Å². The first-order chi connectivity index (χ1) is 9.65. The van der Waals surface area contributed by atoms with Crippen molar-refractivity contribution in [2.75, 3.05) is 10.6 Å². The van der Waals surface area contributed by atoms with Crippen molar-refractivity contribution in [1.29, 1.82) is 0 Å². The standard InChI is InChI=1S/C16H16N2O2/c1-11-16(19)18(10-12-5-3-2-4-6-12)14-9-13(17)7-8-15(14)20-11/h2-9,11H,10,17H2,1H3. The van der Waals surface area contributed by atoms with Gasteiger partial charge < -0.3 is 15.4 Å². The largest absolute Gasteiger partial charge is 0.479 e. The van der Waals surface area contributed by atoms with Crippen LogP contribution in [0.15, 0.2) is 48.5 Å². The number of nitrogens with zero attached hydrogens (tertiary/aromatic N) is 1. The maximum atomic E-state index is 12.4. The van der Waals surface area contributed by atoms with Crippen LogP contribution in [-0.2, 0) is 11.3 Å². The number of rotatable bonds is 2. The van der Waals surface area contributed by atoms with E-state index >= 15 is 0 Å². The van der Waals surface area contributed by atoms with Crippen LogP contribution in [0.2, 0.25) is 0 Å². The topological polar surface area (TPSA) is 55.6 Å². The quantitative estimate of drug-likeness (QED) is 0.852. The van der Waals surface area contributed by atoms with Gasteiger partial charge in [-0.15, -0.1) is 0 Å². The van der Waals surface area contributed by atoms with Gasteiger partial charge in [-0.2, -0.15) is 0 Å². The molecule has 0 radical (unpaired) electrons. The van der Waals surface area contributed by atoms with E-state index in [1.807, 2.05) is 36.4 Å². The lowest BCUT2D eigenvalue weighted by Crippen LogP contribution is -2.44. The average Bonchev–Trinajstić information content (AvgIpc) is 2.46. The molecule has 4 heteroatoms. The van der Waals surface area contributed by atoms with Crippen molar-refractivity contribution in [2.45, 2.75) is 19.6 Å². The number of hydrogen-bond acceptors (Lipinski definition) is 3. The van der Waals surface area contributed by atoms with E-state index in [1.165, 1.54) is 0 Å². The zero-order valence-corrected chi connectivity index (χ0v) is 11.2. The number of amides is 1. The molecule has 102 valence electrons. The highest BCUT2D eigenvalue weighted by molar-refractivity contribution is 6.00.